The van der Waals surface area contributed by atoms with Gasteiger partial charge in [-0.2, -0.15) is 0 Å². The summed E-state index contributed by atoms with van der Waals surface area (Å²) in [5, 5.41) is 10.9. The summed E-state index contributed by atoms with van der Waals surface area (Å²) < 4.78 is 5.08. The van der Waals surface area contributed by atoms with Crippen LogP contribution in [0.15, 0.2) is 60.7 Å². The van der Waals surface area contributed by atoms with Gasteiger partial charge in [-0.15, -0.1) is 0 Å². The van der Waals surface area contributed by atoms with Gasteiger partial charge < -0.3 is 4.74 Å². The maximum atomic E-state index is 13.0. The lowest BCUT2D eigenvalue weighted by molar-refractivity contribution is -0.384. The van der Waals surface area contributed by atoms with Crippen molar-refractivity contribution in [2.75, 3.05) is 11.5 Å². The summed E-state index contributed by atoms with van der Waals surface area (Å²) in [6.07, 6.45) is 4.84. The second-order valence-electron chi connectivity index (χ2n) is 8.37. The van der Waals surface area contributed by atoms with Crippen molar-refractivity contribution in [2.45, 2.75) is 6.42 Å². The fraction of sp³-hybridized carbons (Fsp3) is 0.250. The highest BCUT2D eigenvalue weighted by molar-refractivity contribution is 6.23. The lowest BCUT2D eigenvalue weighted by Crippen LogP contribution is -2.33. The number of anilines is 1. The number of benzene rings is 2. The molecule has 9 heteroatoms. The number of nitro benzene ring substituents is 1. The molecule has 5 rings (SSSR count). The molecule has 1 saturated carbocycles. The Kier molecular flexibility index (Phi) is 4.88. The van der Waals surface area contributed by atoms with Gasteiger partial charge in [0.1, 0.15) is 0 Å². The van der Waals surface area contributed by atoms with Crippen molar-refractivity contribution in [2.24, 2.45) is 23.7 Å². The van der Waals surface area contributed by atoms with E-state index < -0.39 is 23.3 Å². The van der Waals surface area contributed by atoms with Crippen molar-refractivity contribution in [1.29, 1.82) is 0 Å². The summed E-state index contributed by atoms with van der Waals surface area (Å²) in [4.78, 5) is 62.2. The number of fused-ring (bicyclic) bond motifs is 5. The second kappa shape index (κ2) is 7.77. The van der Waals surface area contributed by atoms with Crippen molar-refractivity contribution >= 4 is 34.9 Å². The molecule has 4 atom stereocenters. The van der Waals surface area contributed by atoms with E-state index in [4.69, 9.17) is 4.74 Å². The molecule has 2 amide bonds. The zero-order valence-corrected chi connectivity index (χ0v) is 17.2. The van der Waals surface area contributed by atoms with Crippen LogP contribution < -0.4 is 4.90 Å². The molecular weight excluding hydrogens is 428 g/mol. The Morgan fingerprint density at radius 1 is 0.970 bits per heavy atom. The van der Waals surface area contributed by atoms with E-state index in [0.29, 0.717) is 5.69 Å². The number of ether oxygens (including phenoxy) is 1. The molecule has 2 aromatic carbocycles. The summed E-state index contributed by atoms with van der Waals surface area (Å²) in [7, 11) is 0. The quantitative estimate of drug-likeness (QED) is 0.167. The zero-order chi connectivity index (χ0) is 23.3. The second-order valence-corrected chi connectivity index (χ2v) is 8.37. The number of carbonyl (C=O) groups is 4. The molecule has 0 N–H and O–H groups in total. The fourth-order valence-electron chi connectivity index (χ4n) is 5.02. The van der Waals surface area contributed by atoms with Crippen LogP contribution in [-0.4, -0.2) is 35.1 Å². The van der Waals surface area contributed by atoms with Crippen molar-refractivity contribution in [1.82, 2.24) is 0 Å². The minimum absolute atomic E-state index is 0.0498. The fourth-order valence-corrected chi connectivity index (χ4v) is 5.02. The lowest BCUT2D eigenvalue weighted by Gasteiger charge is -2.18. The largest absolute Gasteiger partial charge is 0.454 e. The molecule has 2 aliphatic carbocycles. The predicted molar refractivity (Wildman–Crippen MR) is 114 cm³/mol. The van der Waals surface area contributed by atoms with Crippen LogP contribution in [0.3, 0.4) is 0 Å². The van der Waals surface area contributed by atoms with E-state index in [1.54, 1.807) is 6.07 Å². The average molecular weight is 446 g/mol. The first-order valence-electron chi connectivity index (χ1n) is 10.5. The Labute approximate surface area is 187 Å². The molecule has 3 aliphatic rings. The van der Waals surface area contributed by atoms with Gasteiger partial charge in [-0.3, -0.25) is 24.5 Å². The number of hydrogen-bond acceptors (Lipinski definition) is 7. The number of non-ortho nitro benzene ring substituents is 1. The molecule has 2 aromatic rings. The Balaban J connectivity index is 1.29. The van der Waals surface area contributed by atoms with Crippen molar-refractivity contribution in [3.63, 3.8) is 0 Å². The van der Waals surface area contributed by atoms with Gasteiger partial charge in [0.25, 0.3) is 5.69 Å². The molecule has 2 bridgehead atoms. The Morgan fingerprint density at radius 3 is 2.27 bits per heavy atom. The number of hydrogen-bond donors (Lipinski definition) is 0. The number of Topliss-reactive ketones (excluding diaryl/α,β-unsaturated/α-hetero) is 1. The van der Waals surface area contributed by atoms with Crippen molar-refractivity contribution in [3.05, 3.63) is 81.9 Å². The highest BCUT2D eigenvalue weighted by atomic mass is 16.6. The van der Waals surface area contributed by atoms with Gasteiger partial charge in [-0.25, -0.2) is 9.69 Å². The topological polar surface area (TPSA) is 124 Å². The van der Waals surface area contributed by atoms with Crippen molar-refractivity contribution in [3.8, 4) is 0 Å². The SMILES string of the molecule is O=C(COC(=O)c1cccc(N2C(=O)C3C4C=CC(C4)C3C2=O)c1)c1cccc([N+](=O)[O-])c1. The molecule has 166 valence electrons. The van der Waals surface area contributed by atoms with Crippen LogP contribution in [0.4, 0.5) is 11.4 Å². The molecule has 9 nitrogen and oxygen atoms in total. The van der Waals surface area contributed by atoms with E-state index in [9.17, 15) is 29.3 Å². The molecule has 0 radical (unpaired) electrons. The van der Waals surface area contributed by atoms with Crippen LogP contribution in [0, 0.1) is 33.8 Å². The predicted octanol–water partition coefficient (Wildman–Crippen LogP) is 2.95. The van der Waals surface area contributed by atoms with Gasteiger partial charge in [0, 0.05) is 17.7 Å². The number of nitrogens with zero attached hydrogens (tertiary/aromatic N) is 2. The van der Waals surface area contributed by atoms with Gasteiger partial charge in [0.2, 0.25) is 17.6 Å². The van der Waals surface area contributed by atoms with E-state index in [1.165, 1.54) is 36.4 Å². The summed E-state index contributed by atoms with van der Waals surface area (Å²) >= 11 is 0. The summed E-state index contributed by atoms with van der Waals surface area (Å²) in [6, 6.07) is 11.1. The van der Waals surface area contributed by atoms with E-state index >= 15 is 0 Å². The molecule has 2 fully saturated rings. The maximum Gasteiger partial charge on any atom is 0.338 e. The van der Waals surface area contributed by atoms with E-state index in [0.717, 1.165) is 17.4 Å². The number of imide groups is 1. The number of ketones is 1. The molecule has 1 aliphatic heterocycles. The first-order chi connectivity index (χ1) is 15.8. The summed E-state index contributed by atoms with van der Waals surface area (Å²) in [5.74, 6) is -2.46. The first kappa shape index (κ1) is 20.7. The van der Waals surface area contributed by atoms with Gasteiger partial charge in [0.15, 0.2) is 6.61 Å². The number of rotatable bonds is 6. The third-order valence-corrected chi connectivity index (χ3v) is 6.52. The number of carbonyl (C=O) groups excluding carboxylic acids is 4. The standard InChI is InChI=1S/C24H18N2O7/c27-19(13-3-1-6-18(10-13)26(31)32)12-33-24(30)16-4-2-5-17(11-16)25-22(28)20-14-7-8-15(9-14)21(20)23(25)29/h1-8,10-11,14-15,20-21H,9,12H2. The maximum absolute atomic E-state index is 13.0. The smallest absolute Gasteiger partial charge is 0.338 e. The molecular formula is C24H18N2O7. The third kappa shape index (κ3) is 3.42. The van der Waals surface area contributed by atoms with Crippen LogP contribution >= 0.6 is 0 Å². The lowest BCUT2D eigenvalue weighted by atomic mass is 9.85. The summed E-state index contributed by atoms with van der Waals surface area (Å²) in [5.41, 5.74) is 0.179. The van der Waals surface area contributed by atoms with Crippen LogP contribution in [0.25, 0.3) is 0 Å². The Morgan fingerprint density at radius 2 is 1.61 bits per heavy atom. The minimum Gasteiger partial charge on any atom is -0.454 e. The van der Waals surface area contributed by atoms with Crippen LogP contribution in [0.5, 0.6) is 0 Å². The highest BCUT2D eigenvalue weighted by Crippen LogP contribution is 2.53. The minimum atomic E-state index is -0.809. The van der Waals surface area contributed by atoms with Gasteiger partial charge in [-0.1, -0.05) is 30.4 Å². The monoisotopic (exact) mass is 446 g/mol. The Bertz CT molecular complexity index is 1220. The van der Waals surface area contributed by atoms with Crippen LogP contribution in [0.1, 0.15) is 27.1 Å². The Hall–Kier alpha value is -4.14. The van der Waals surface area contributed by atoms with E-state index in [1.807, 2.05) is 12.2 Å². The van der Waals surface area contributed by atoms with Crippen molar-refractivity contribution < 1.29 is 28.8 Å². The van der Waals surface area contributed by atoms with Gasteiger partial charge in [0.05, 0.1) is 28.0 Å². The molecule has 33 heavy (non-hydrogen) atoms. The molecule has 1 heterocycles. The number of amides is 2. The van der Waals surface area contributed by atoms with Gasteiger partial charge >= 0.3 is 5.97 Å². The summed E-state index contributed by atoms with van der Waals surface area (Å²) in [6.45, 7) is -0.606. The molecule has 0 spiro atoms. The van der Waals surface area contributed by atoms with Gasteiger partial charge in [-0.05, 0) is 36.5 Å². The molecule has 1 saturated heterocycles. The third-order valence-electron chi connectivity index (χ3n) is 6.52. The first-order valence-corrected chi connectivity index (χ1v) is 10.5. The van der Waals surface area contributed by atoms with Crippen LogP contribution in [-0.2, 0) is 14.3 Å². The molecule has 4 unspecified atom stereocenters. The average Bonchev–Trinajstić information content (AvgIpc) is 3.51. The van der Waals surface area contributed by atoms with E-state index in [-0.39, 0.29) is 52.3 Å². The zero-order valence-electron chi connectivity index (χ0n) is 17.2. The van der Waals surface area contributed by atoms with E-state index in [2.05, 4.69) is 0 Å². The molecule has 0 aromatic heterocycles. The normalized spacial score (nSPS) is 24.8. The highest BCUT2D eigenvalue weighted by Gasteiger charge is 2.59. The number of nitro groups is 1. The van der Waals surface area contributed by atoms with Crippen LogP contribution in [0.2, 0.25) is 0 Å². The number of allylic oxidation sites excluding steroid dienone is 2. The number of esters is 1.